The van der Waals surface area contributed by atoms with E-state index in [9.17, 15) is 5.11 Å². The maximum atomic E-state index is 9.60. The predicted octanol–water partition coefficient (Wildman–Crippen LogP) is 0.0197. The van der Waals surface area contributed by atoms with E-state index in [1.54, 1.807) is 7.11 Å². The lowest BCUT2D eigenvalue weighted by molar-refractivity contribution is 0.0202. The molecule has 4 heteroatoms. The molecule has 0 aromatic heterocycles. The Labute approximate surface area is 92.8 Å². The number of nitrogens with zero attached hydrogens (tertiary/aromatic N) is 2. The Kier molecular flexibility index (Phi) is 5.53. The molecular weight excluding hydrogens is 192 g/mol. The number of aliphatic hydroxyl groups is 1. The lowest BCUT2D eigenvalue weighted by atomic mass is 10.2. The summed E-state index contributed by atoms with van der Waals surface area (Å²) in [5.41, 5.74) is 0. The molecule has 90 valence electrons. The monoisotopic (exact) mass is 216 g/mol. The first-order valence-corrected chi connectivity index (χ1v) is 5.77. The van der Waals surface area contributed by atoms with Gasteiger partial charge in [-0.15, -0.1) is 0 Å². The molecule has 1 N–H and O–H groups in total. The van der Waals surface area contributed by atoms with E-state index in [1.165, 1.54) is 0 Å². The van der Waals surface area contributed by atoms with Crippen molar-refractivity contribution in [1.29, 1.82) is 0 Å². The van der Waals surface area contributed by atoms with Crippen molar-refractivity contribution >= 4 is 0 Å². The van der Waals surface area contributed by atoms with Crippen molar-refractivity contribution in [3.05, 3.63) is 0 Å². The normalized spacial score (nSPS) is 22.2. The van der Waals surface area contributed by atoms with Crippen molar-refractivity contribution in [3.63, 3.8) is 0 Å². The highest BCUT2D eigenvalue weighted by Crippen LogP contribution is 2.06. The summed E-state index contributed by atoms with van der Waals surface area (Å²) in [7, 11) is 1.62. The molecular formula is C11H24N2O2. The second-order valence-electron chi connectivity index (χ2n) is 4.54. The second-order valence-corrected chi connectivity index (χ2v) is 4.54. The third-order valence-corrected chi connectivity index (χ3v) is 2.97. The summed E-state index contributed by atoms with van der Waals surface area (Å²) in [6.07, 6.45) is -0.347. The van der Waals surface area contributed by atoms with Gasteiger partial charge in [0.2, 0.25) is 0 Å². The summed E-state index contributed by atoms with van der Waals surface area (Å²) < 4.78 is 4.92. The molecule has 0 aromatic rings. The summed E-state index contributed by atoms with van der Waals surface area (Å²) in [6.45, 7) is 9.96. The van der Waals surface area contributed by atoms with E-state index in [0.29, 0.717) is 12.6 Å². The Hall–Kier alpha value is -0.160. The van der Waals surface area contributed by atoms with E-state index in [4.69, 9.17) is 4.74 Å². The van der Waals surface area contributed by atoms with Crippen LogP contribution in [-0.4, -0.2) is 73.5 Å². The minimum Gasteiger partial charge on any atom is -0.389 e. The molecule has 1 saturated heterocycles. The van der Waals surface area contributed by atoms with Crippen LogP contribution in [0.5, 0.6) is 0 Å². The van der Waals surface area contributed by atoms with Gasteiger partial charge in [0.05, 0.1) is 12.7 Å². The number of ether oxygens (including phenoxy) is 1. The van der Waals surface area contributed by atoms with Gasteiger partial charge in [-0.25, -0.2) is 0 Å². The number of piperazine rings is 1. The van der Waals surface area contributed by atoms with Gasteiger partial charge in [0.15, 0.2) is 0 Å². The summed E-state index contributed by atoms with van der Waals surface area (Å²) in [5.74, 6) is 0. The highest BCUT2D eigenvalue weighted by atomic mass is 16.5. The van der Waals surface area contributed by atoms with Gasteiger partial charge >= 0.3 is 0 Å². The number of β-amino-alcohol motifs (C(OH)–C–C–N with tert-alkyl or cyclic N) is 1. The van der Waals surface area contributed by atoms with E-state index < -0.39 is 0 Å². The summed E-state index contributed by atoms with van der Waals surface area (Å²) >= 11 is 0. The average Bonchev–Trinajstić information content (AvgIpc) is 2.18. The van der Waals surface area contributed by atoms with Gasteiger partial charge in [-0.1, -0.05) is 0 Å². The van der Waals surface area contributed by atoms with E-state index in [2.05, 4.69) is 23.6 Å². The molecule has 1 heterocycles. The van der Waals surface area contributed by atoms with Gasteiger partial charge in [-0.05, 0) is 13.8 Å². The number of hydrogen-bond acceptors (Lipinski definition) is 4. The number of hydrogen-bond donors (Lipinski definition) is 1. The van der Waals surface area contributed by atoms with Crippen molar-refractivity contribution in [1.82, 2.24) is 9.80 Å². The number of rotatable bonds is 5. The maximum Gasteiger partial charge on any atom is 0.0900 e. The van der Waals surface area contributed by atoms with Crippen molar-refractivity contribution in [2.45, 2.75) is 26.0 Å². The van der Waals surface area contributed by atoms with E-state index in [-0.39, 0.29) is 6.10 Å². The third kappa shape index (κ3) is 4.47. The zero-order valence-corrected chi connectivity index (χ0v) is 10.1. The van der Waals surface area contributed by atoms with E-state index in [0.717, 1.165) is 32.7 Å². The third-order valence-electron chi connectivity index (χ3n) is 2.97. The van der Waals surface area contributed by atoms with Crippen LogP contribution >= 0.6 is 0 Å². The fraction of sp³-hybridized carbons (Fsp3) is 1.00. The van der Waals surface area contributed by atoms with Crippen LogP contribution < -0.4 is 0 Å². The Morgan fingerprint density at radius 2 is 1.80 bits per heavy atom. The van der Waals surface area contributed by atoms with Gasteiger partial charge in [0, 0.05) is 45.9 Å². The van der Waals surface area contributed by atoms with Crippen LogP contribution in [0.25, 0.3) is 0 Å². The van der Waals surface area contributed by atoms with Crippen LogP contribution in [0.1, 0.15) is 13.8 Å². The van der Waals surface area contributed by atoms with Crippen LogP contribution in [-0.2, 0) is 4.74 Å². The predicted molar refractivity (Wildman–Crippen MR) is 61.0 cm³/mol. The van der Waals surface area contributed by atoms with Gasteiger partial charge in [0.1, 0.15) is 0 Å². The zero-order valence-electron chi connectivity index (χ0n) is 10.1. The van der Waals surface area contributed by atoms with Crippen LogP contribution in [0, 0.1) is 0 Å². The highest BCUT2D eigenvalue weighted by molar-refractivity contribution is 4.75. The molecule has 0 amide bonds. The standard InChI is InChI=1S/C11H24N2O2/c1-10(2)13-6-4-12(5-7-13)8-11(14)9-15-3/h10-11,14H,4-9H2,1-3H3. The lowest BCUT2D eigenvalue weighted by Gasteiger charge is -2.37. The van der Waals surface area contributed by atoms with Gasteiger partial charge in [-0.3, -0.25) is 9.80 Å². The first-order chi connectivity index (χ1) is 7.13. The SMILES string of the molecule is COCC(O)CN1CCN(C(C)C)CC1. The van der Waals surface area contributed by atoms with E-state index >= 15 is 0 Å². The Balaban J connectivity index is 2.19. The molecule has 15 heavy (non-hydrogen) atoms. The van der Waals surface area contributed by atoms with Crippen molar-refractivity contribution in [2.24, 2.45) is 0 Å². The molecule has 0 bridgehead atoms. The van der Waals surface area contributed by atoms with Gasteiger partial charge < -0.3 is 9.84 Å². The molecule has 0 spiro atoms. The summed E-state index contributed by atoms with van der Waals surface area (Å²) in [6, 6.07) is 0.635. The van der Waals surface area contributed by atoms with Crippen LogP contribution in [0.4, 0.5) is 0 Å². The van der Waals surface area contributed by atoms with Crippen LogP contribution in [0.2, 0.25) is 0 Å². The number of aliphatic hydroxyl groups excluding tert-OH is 1. The van der Waals surface area contributed by atoms with E-state index in [1.807, 2.05) is 0 Å². The molecule has 1 aliphatic rings. The first-order valence-electron chi connectivity index (χ1n) is 5.77. The molecule has 1 unspecified atom stereocenters. The smallest absolute Gasteiger partial charge is 0.0900 e. The molecule has 1 fully saturated rings. The molecule has 1 rings (SSSR count). The van der Waals surface area contributed by atoms with Crippen LogP contribution in [0.3, 0.4) is 0 Å². The Morgan fingerprint density at radius 1 is 1.20 bits per heavy atom. The fourth-order valence-corrected chi connectivity index (χ4v) is 2.01. The van der Waals surface area contributed by atoms with Crippen LogP contribution in [0.15, 0.2) is 0 Å². The number of methoxy groups -OCH3 is 1. The van der Waals surface area contributed by atoms with Crippen molar-refractivity contribution in [2.75, 3.05) is 46.4 Å². The largest absolute Gasteiger partial charge is 0.389 e. The minimum absolute atomic E-state index is 0.347. The zero-order chi connectivity index (χ0) is 11.3. The first kappa shape index (κ1) is 12.9. The second kappa shape index (κ2) is 6.43. The molecule has 1 aliphatic heterocycles. The minimum atomic E-state index is -0.347. The average molecular weight is 216 g/mol. The summed E-state index contributed by atoms with van der Waals surface area (Å²) in [4.78, 5) is 4.78. The molecule has 4 nitrogen and oxygen atoms in total. The molecule has 0 aliphatic carbocycles. The quantitative estimate of drug-likeness (QED) is 0.703. The molecule has 0 aromatic carbocycles. The van der Waals surface area contributed by atoms with Crippen molar-refractivity contribution < 1.29 is 9.84 Å². The maximum absolute atomic E-state index is 9.60. The molecule has 0 saturated carbocycles. The summed E-state index contributed by atoms with van der Waals surface area (Å²) in [5, 5.41) is 9.60. The highest BCUT2D eigenvalue weighted by Gasteiger charge is 2.20. The van der Waals surface area contributed by atoms with Gasteiger partial charge in [0.25, 0.3) is 0 Å². The fourth-order valence-electron chi connectivity index (χ4n) is 2.01. The Morgan fingerprint density at radius 3 is 2.27 bits per heavy atom. The molecule has 0 radical (unpaired) electrons. The van der Waals surface area contributed by atoms with Gasteiger partial charge in [-0.2, -0.15) is 0 Å². The Bertz CT molecular complexity index is 168. The van der Waals surface area contributed by atoms with Crippen molar-refractivity contribution in [3.8, 4) is 0 Å². The lowest BCUT2D eigenvalue weighted by Crippen LogP contribution is -2.50. The molecule has 1 atom stereocenters. The topological polar surface area (TPSA) is 35.9 Å².